The highest BCUT2D eigenvalue weighted by molar-refractivity contribution is 6.01. The highest BCUT2D eigenvalue weighted by atomic mass is 16.5. The van der Waals surface area contributed by atoms with Crippen LogP contribution >= 0.6 is 0 Å². The molecule has 5 rings (SSSR count). The number of nitrogens with one attached hydrogen (secondary N) is 2. The van der Waals surface area contributed by atoms with Crippen molar-refractivity contribution in [3.63, 3.8) is 0 Å². The molecule has 0 bridgehead atoms. The van der Waals surface area contributed by atoms with Crippen LogP contribution in [-0.4, -0.2) is 39.5 Å². The van der Waals surface area contributed by atoms with Crippen LogP contribution in [0, 0.1) is 6.92 Å². The van der Waals surface area contributed by atoms with Gasteiger partial charge in [-0.05, 0) is 43.0 Å². The zero-order valence-corrected chi connectivity index (χ0v) is 18.4. The maximum atomic E-state index is 13.2. The highest BCUT2D eigenvalue weighted by Crippen LogP contribution is 2.20. The van der Waals surface area contributed by atoms with Gasteiger partial charge in [-0.1, -0.05) is 36.4 Å². The van der Waals surface area contributed by atoms with Crippen molar-refractivity contribution < 1.29 is 9.53 Å². The molecule has 1 amide bonds. The van der Waals surface area contributed by atoms with Crippen LogP contribution in [-0.2, 0) is 11.3 Å². The van der Waals surface area contributed by atoms with Gasteiger partial charge in [0.05, 0.1) is 17.1 Å². The lowest BCUT2D eigenvalue weighted by atomic mass is 10.1. The number of aryl methyl sites for hydroxylation is 1. The summed E-state index contributed by atoms with van der Waals surface area (Å²) in [5.74, 6) is 0.0868. The summed E-state index contributed by atoms with van der Waals surface area (Å²) in [6, 6.07) is 14.9. The van der Waals surface area contributed by atoms with Crippen LogP contribution in [0.25, 0.3) is 16.7 Å². The van der Waals surface area contributed by atoms with Gasteiger partial charge in [-0.2, -0.15) is 0 Å². The number of hydrogen-bond acceptors (Lipinski definition) is 6. The van der Waals surface area contributed by atoms with Crippen molar-refractivity contribution in [1.29, 1.82) is 0 Å². The first-order chi connectivity index (χ1) is 16.1. The zero-order chi connectivity index (χ0) is 22.8. The lowest BCUT2D eigenvalue weighted by molar-refractivity contribution is 0.0951. The number of anilines is 1. The van der Waals surface area contributed by atoms with Crippen LogP contribution in [0.4, 0.5) is 5.82 Å². The molecule has 0 radical (unpaired) electrons. The van der Waals surface area contributed by atoms with Crippen molar-refractivity contribution in [2.75, 3.05) is 18.5 Å². The molecule has 3 aromatic heterocycles. The Bertz CT molecular complexity index is 1380. The van der Waals surface area contributed by atoms with Gasteiger partial charge in [-0.3, -0.25) is 14.0 Å². The maximum Gasteiger partial charge on any atom is 0.267 e. The number of amides is 1. The van der Waals surface area contributed by atoms with Crippen LogP contribution in [0.1, 0.15) is 34.3 Å². The molecule has 1 atom stereocenters. The number of pyridine rings is 2. The van der Waals surface area contributed by atoms with E-state index in [0.29, 0.717) is 41.2 Å². The van der Waals surface area contributed by atoms with Gasteiger partial charge >= 0.3 is 0 Å². The number of nitrogens with zero attached hydrogens (tertiary/aromatic N) is 3. The first-order valence-corrected chi connectivity index (χ1v) is 11.1. The van der Waals surface area contributed by atoms with E-state index in [1.807, 2.05) is 43.3 Å². The molecule has 2 N–H and O–H groups in total. The summed E-state index contributed by atoms with van der Waals surface area (Å²) in [4.78, 5) is 35.5. The maximum absolute atomic E-state index is 13.2. The van der Waals surface area contributed by atoms with E-state index in [0.717, 1.165) is 30.6 Å². The van der Waals surface area contributed by atoms with Crippen molar-refractivity contribution in [1.82, 2.24) is 19.7 Å². The van der Waals surface area contributed by atoms with Crippen LogP contribution in [0.3, 0.4) is 0 Å². The predicted molar refractivity (Wildman–Crippen MR) is 127 cm³/mol. The number of fused-ring (bicyclic) bond motifs is 2. The molecule has 0 aliphatic carbocycles. The van der Waals surface area contributed by atoms with E-state index in [-0.39, 0.29) is 17.6 Å². The molecule has 4 heterocycles. The molecule has 8 heteroatoms. The molecular weight excluding hydrogens is 418 g/mol. The van der Waals surface area contributed by atoms with Crippen molar-refractivity contribution >= 4 is 28.4 Å². The van der Waals surface area contributed by atoms with E-state index in [2.05, 4.69) is 20.6 Å². The number of carbonyl (C=O) groups excluding carboxylic acids is 1. The van der Waals surface area contributed by atoms with Gasteiger partial charge in [-0.15, -0.1) is 0 Å². The van der Waals surface area contributed by atoms with Crippen LogP contribution in [0.15, 0.2) is 59.5 Å². The molecule has 0 saturated carbocycles. The lowest BCUT2D eigenvalue weighted by Gasteiger charge is -2.15. The summed E-state index contributed by atoms with van der Waals surface area (Å²) in [5, 5.41) is 6.49. The Balaban J connectivity index is 1.54. The normalized spacial score (nSPS) is 15.7. The van der Waals surface area contributed by atoms with Gasteiger partial charge in [0.15, 0.2) is 5.65 Å². The molecule has 1 aliphatic rings. The Morgan fingerprint density at radius 3 is 2.82 bits per heavy atom. The van der Waals surface area contributed by atoms with Gasteiger partial charge in [-0.25, -0.2) is 9.97 Å². The number of benzene rings is 1. The molecule has 4 aromatic rings. The summed E-state index contributed by atoms with van der Waals surface area (Å²) < 4.78 is 7.19. The topological polar surface area (TPSA) is 97.6 Å². The van der Waals surface area contributed by atoms with E-state index in [1.165, 1.54) is 4.40 Å². The van der Waals surface area contributed by atoms with Crippen LogP contribution in [0.5, 0.6) is 0 Å². The Labute approximate surface area is 190 Å². The summed E-state index contributed by atoms with van der Waals surface area (Å²) >= 11 is 0. The molecule has 1 saturated heterocycles. The fraction of sp³-hybridized carbons (Fsp3) is 0.280. The molecule has 8 nitrogen and oxygen atoms in total. The fourth-order valence-electron chi connectivity index (χ4n) is 4.03. The van der Waals surface area contributed by atoms with Crippen molar-refractivity contribution in [2.24, 2.45) is 0 Å². The SMILES string of the molecule is Cc1ccc2nc3nc(NCC4CCCO4)c(C(=O)NCc4ccccc4)cc3c(=O)n2c1. The number of hydrogen-bond donors (Lipinski definition) is 2. The third kappa shape index (κ3) is 4.42. The third-order valence-electron chi connectivity index (χ3n) is 5.81. The summed E-state index contributed by atoms with van der Waals surface area (Å²) in [7, 11) is 0. The molecule has 0 spiro atoms. The second kappa shape index (κ2) is 8.99. The minimum absolute atomic E-state index is 0.0703. The minimum Gasteiger partial charge on any atom is -0.376 e. The Morgan fingerprint density at radius 1 is 1.18 bits per heavy atom. The molecule has 33 heavy (non-hydrogen) atoms. The lowest BCUT2D eigenvalue weighted by Crippen LogP contribution is -2.27. The second-order valence-electron chi connectivity index (χ2n) is 8.29. The Morgan fingerprint density at radius 2 is 2.03 bits per heavy atom. The number of rotatable bonds is 6. The smallest absolute Gasteiger partial charge is 0.267 e. The zero-order valence-electron chi connectivity index (χ0n) is 18.4. The fourth-order valence-corrected chi connectivity index (χ4v) is 4.03. The summed E-state index contributed by atoms with van der Waals surface area (Å²) in [6.45, 7) is 3.56. The standard InChI is InChI=1S/C25H25N5O3/c1-16-9-10-21-28-23-20(25(32)30(21)15-16)12-19(22(29-23)26-14-18-8-5-11-33-18)24(31)27-13-17-6-3-2-4-7-17/h2-4,6-7,9-10,12,15,18H,5,8,11,13-14H2,1H3,(H,26,29)(H,27,31). The van der Waals surface area contributed by atoms with Gasteiger partial charge in [0.25, 0.3) is 11.5 Å². The first-order valence-electron chi connectivity index (χ1n) is 11.1. The molecule has 1 fully saturated rings. The third-order valence-corrected chi connectivity index (χ3v) is 5.81. The Hall–Kier alpha value is -3.78. The average molecular weight is 444 g/mol. The first kappa shape index (κ1) is 21.1. The van der Waals surface area contributed by atoms with E-state index < -0.39 is 0 Å². The van der Waals surface area contributed by atoms with Crippen molar-refractivity contribution in [3.05, 3.63) is 81.8 Å². The van der Waals surface area contributed by atoms with Gasteiger partial charge in [0.1, 0.15) is 11.5 Å². The molecular formula is C25H25N5O3. The minimum atomic E-state index is -0.308. The van der Waals surface area contributed by atoms with Gasteiger partial charge < -0.3 is 15.4 Å². The predicted octanol–water partition coefficient (Wildman–Crippen LogP) is 3.07. The van der Waals surface area contributed by atoms with Crippen LogP contribution in [0.2, 0.25) is 0 Å². The molecule has 1 aliphatic heterocycles. The quantitative estimate of drug-likeness (QED) is 0.445. The monoisotopic (exact) mass is 443 g/mol. The largest absolute Gasteiger partial charge is 0.376 e. The van der Waals surface area contributed by atoms with Crippen LogP contribution < -0.4 is 16.2 Å². The average Bonchev–Trinajstić information content (AvgIpc) is 3.36. The van der Waals surface area contributed by atoms with E-state index in [1.54, 1.807) is 18.3 Å². The van der Waals surface area contributed by atoms with E-state index in [4.69, 9.17) is 4.74 Å². The molecule has 168 valence electrons. The van der Waals surface area contributed by atoms with Crippen molar-refractivity contribution in [2.45, 2.75) is 32.4 Å². The molecule has 1 unspecified atom stereocenters. The van der Waals surface area contributed by atoms with Crippen molar-refractivity contribution in [3.8, 4) is 0 Å². The summed E-state index contributed by atoms with van der Waals surface area (Å²) in [6.07, 6.45) is 3.79. The van der Waals surface area contributed by atoms with Gasteiger partial charge in [0.2, 0.25) is 0 Å². The van der Waals surface area contributed by atoms with Gasteiger partial charge in [0, 0.05) is 25.9 Å². The van der Waals surface area contributed by atoms with E-state index in [9.17, 15) is 9.59 Å². The molecule has 1 aromatic carbocycles. The summed E-state index contributed by atoms with van der Waals surface area (Å²) in [5.41, 5.74) is 2.79. The number of aromatic nitrogens is 3. The number of ether oxygens (including phenoxy) is 1. The Kier molecular flexibility index (Phi) is 5.75. The highest BCUT2D eigenvalue weighted by Gasteiger charge is 2.20. The second-order valence-corrected chi connectivity index (χ2v) is 8.29. The number of carbonyl (C=O) groups is 1. The van der Waals surface area contributed by atoms with E-state index >= 15 is 0 Å².